The predicted octanol–water partition coefficient (Wildman–Crippen LogP) is 5.20. The molecule has 144 valence electrons. The van der Waals surface area contributed by atoms with Crippen LogP contribution >= 0.6 is 15.9 Å². The summed E-state index contributed by atoms with van der Waals surface area (Å²) >= 11 is 3.23. The summed E-state index contributed by atoms with van der Waals surface area (Å²) in [5, 5.41) is 2.69. The van der Waals surface area contributed by atoms with Crippen LogP contribution < -0.4 is 14.8 Å². The second kappa shape index (κ2) is 8.46. The highest BCUT2D eigenvalue weighted by molar-refractivity contribution is 9.09. The first kappa shape index (κ1) is 20.6. The fourth-order valence-electron chi connectivity index (χ4n) is 3.61. The van der Waals surface area contributed by atoms with E-state index < -0.39 is 8.32 Å². The second-order valence-electron chi connectivity index (χ2n) is 7.85. The van der Waals surface area contributed by atoms with E-state index in [2.05, 4.69) is 85.2 Å². The van der Waals surface area contributed by atoms with Gasteiger partial charge >= 0.3 is 8.32 Å². The molecule has 0 atom stereocenters. The summed E-state index contributed by atoms with van der Waals surface area (Å²) in [6.07, 6.45) is 0. The van der Waals surface area contributed by atoms with E-state index in [-0.39, 0.29) is 10.8 Å². The molecule has 28 heavy (non-hydrogen) atoms. The average molecular weight is 453 g/mol. The first-order chi connectivity index (χ1) is 13.4. The Labute approximate surface area is 176 Å². The van der Waals surface area contributed by atoms with Gasteiger partial charge in [0, 0.05) is 5.56 Å². The van der Waals surface area contributed by atoms with Gasteiger partial charge in [0.05, 0.1) is 5.33 Å². The smallest absolute Gasteiger partial charge is 0.319 e. The molecule has 0 aromatic heterocycles. The minimum atomic E-state index is -2.64. The molecule has 2 nitrogen and oxygen atoms in total. The summed E-state index contributed by atoms with van der Waals surface area (Å²) < 4.78 is 6.92. The molecule has 0 spiro atoms. The zero-order valence-electron chi connectivity index (χ0n) is 16.5. The van der Waals surface area contributed by atoms with Crippen LogP contribution in [-0.2, 0) is 0 Å². The summed E-state index contributed by atoms with van der Waals surface area (Å²) in [6, 6.07) is 28.6. The molecular formula is C24H25BrO2Si. The van der Waals surface area contributed by atoms with Gasteiger partial charge in [-0.2, -0.15) is 0 Å². The molecule has 4 heteroatoms. The van der Waals surface area contributed by atoms with Gasteiger partial charge in [-0.1, -0.05) is 97.4 Å². The van der Waals surface area contributed by atoms with Gasteiger partial charge in [-0.3, -0.25) is 4.79 Å². The Morgan fingerprint density at radius 1 is 0.821 bits per heavy atom. The Kier molecular flexibility index (Phi) is 6.21. The van der Waals surface area contributed by atoms with Gasteiger partial charge in [-0.05, 0) is 39.7 Å². The molecule has 0 radical (unpaired) electrons. The Hall–Kier alpha value is -2.17. The number of benzene rings is 3. The van der Waals surface area contributed by atoms with Crippen molar-refractivity contribution in [3.8, 4) is 5.75 Å². The third kappa shape index (κ3) is 3.98. The molecule has 0 bridgehead atoms. The summed E-state index contributed by atoms with van der Waals surface area (Å²) in [7, 11) is -2.64. The quantitative estimate of drug-likeness (QED) is 0.291. The summed E-state index contributed by atoms with van der Waals surface area (Å²) in [5.41, 5.74) is 0.687. The van der Waals surface area contributed by atoms with Crippen LogP contribution in [0.5, 0.6) is 5.75 Å². The van der Waals surface area contributed by atoms with Crippen molar-refractivity contribution in [2.45, 2.75) is 25.8 Å². The fourth-order valence-corrected chi connectivity index (χ4v) is 8.36. The van der Waals surface area contributed by atoms with E-state index in [1.807, 2.05) is 36.4 Å². The van der Waals surface area contributed by atoms with Gasteiger partial charge in [0.2, 0.25) is 0 Å². The lowest BCUT2D eigenvalue weighted by molar-refractivity contribution is 0.102. The minimum absolute atomic E-state index is 0.0667. The maximum absolute atomic E-state index is 11.9. The van der Waals surface area contributed by atoms with Crippen LogP contribution in [0.3, 0.4) is 0 Å². The van der Waals surface area contributed by atoms with Gasteiger partial charge in [0.1, 0.15) is 5.75 Å². The van der Waals surface area contributed by atoms with Crippen molar-refractivity contribution in [3.63, 3.8) is 0 Å². The van der Waals surface area contributed by atoms with Gasteiger partial charge in [0.15, 0.2) is 5.78 Å². The van der Waals surface area contributed by atoms with Crippen LogP contribution in [0.2, 0.25) is 5.04 Å². The maximum atomic E-state index is 11.9. The van der Waals surface area contributed by atoms with E-state index in [0.717, 1.165) is 5.75 Å². The Balaban J connectivity index is 2.15. The van der Waals surface area contributed by atoms with E-state index in [1.165, 1.54) is 10.4 Å². The van der Waals surface area contributed by atoms with Crippen molar-refractivity contribution in [2.24, 2.45) is 0 Å². The number of hydrogen-bond acceptors (Lipinski definition) is 2. The second-order valence-corrected chi connectivity index (χ2v) is 12.6. The zero-order chi connectivity index (χ0) is 20.2. The molecule has 0 saturated heterocycles. The molecule has 3 aromatic carbocycles. The molecular weight excluding hydrogens is 428 g/mol. The van der Waals surface area contributed by atoms with Crippen molar-refractivity contribution in [2.75, 3.05) is 5.33 Å². The molecule has 0 saturated carbocycles. The molecule has 0 aliphatic rings. The molecule has 0 fully saturated rings. The summed E-state index contributed by atoms with van der Waals surface area (Å²) in [4.78, 5) is 11.9. The van der Waals surface area contributed by atoms with Gasteiger partial charge in [-0.15, -0.1) is 0 Å². The Bertz CT molecular complexity index is 877. The third-order valence-corrected chi connectivity index (χ3v) is 10.4. The molecule has 0 N–H and O–H groups in total. The highest BCUT2D eigenvalue weighted by atomic mass is 79.9. The monoisotopic (exact) mass is 452 g/mol. The predicted molar refractivity (Wildman–Crippen MR) is 123 cm³/mol. The number of rotatable bonds is 6. The SMILES string of the molecule is CC(C)(C)[Si](Oc1ccc(C(=O)CBr)cc1)(c1ccccc1)c1ccccc1. The Morgan fingerprint density at radius 2 is 1.29 bits per heavy atom. The third-order valence-electron chi connectivity index (χ3n) is 4.99. The number of carbonyl (C=O) groups is 1. The van der Waals surface area contributed by atoms with Crippen LogP contribution in [0.1, 0.15) is 31.1 Å². The lowest BCUT2D eigenvalue weighted by atomic mass is 10.1. The van der Waals surface area contributed by atoms with Crippen molar-refractivity contribution in [3.05, 3.63) is 90.5 Å². The van der Waals surface area contributed by atoms with Crippen LogP contribution in [0.4, 0.5) is 0 Å². The van der Waals surface area contributed by atoms with Crippen LogP contribution in [0.15, 0.2) is 84.9 Å². The maximum Gasteiger partial charge on any atom is 0.319 e. The number of halogens is 1. The minimum Gasteiger partial charge on any atom is -0.534 e. The fraction of sp³-hybridized carbons (Fsp3) is 0.208. The van der Waals surface area contributed by atoms with Crippen molar-refractivity contribution in [1.29, 1.82) is 0 Å². The highest BCUT2D eigenvalue weighted by Crippen LogP contribution is 2.37. The molecule has 0 amide bonds. The van der Waals surface area contributed by atoms with Gasteiger partial charge in [0.25, 0.3) is 0 Å². The molecule has 0 heterocycles. The van der Waals surface area contributed by atoms with E-state index in [9.17, 15) is 4.79 Å². The standard InChI is InChI=1S/C24H25BrO2Si/c1-24(2,3)28(21-10-6-4-7-11-21,22-12-8-5-9-13-22)27-20-16-14-19(15-17-20)23(26)18-25/h4-17H,18H2,1-3H3. The number of ketones is 1. The molecule has 0 unspecified atom stereocenters. The molecule has 3 aromatic rings. The van der Waals surface area contributed by atoms with E-state index in [0.29, 0.717) is 10.9 Å². The zero-order valence-corrected chi connectivity index (χ0v) is 19.1. The lowest BCUT2D eigenvalue weighted by Gasteiger charge is -2.43. The van der Waals surface area contributed by atoms with E-state index in [4.69, 9.17) is 4.43 Å². The summed E-state index contributed by atoms with van der Waals surface area (Å²) in [6.45, 7) is 6.76. The first-order valence-corrected chi connectivity index (χ1v) is 12.4. The average Bonchev–Trinajstić information content (AvgIpc) is 2.72. The van der Waals surface area contributed by atoms with Gasteiger partial charge < -0.3 is 4.43 Å². The van der Waals surface area contributed by atoms with Crippen molar-refractivity contribution < 1.29 is 9.22 Å². The van der Waals surface area contributed by atoms with Crippen molar-refractivity contribution in [1.82, 2.24) is 0 Å². The van der Waals surface area contributed by atoms with Crippen LogP contribution in [0.25, 0.3) is 0 Å². The summed E-state index contributed by atoms with van der Waals surface area (Å²) in [5.74, 6) is 0.859. The largest absolute Gasteiger partial charge is 0.534 e. The number of hydrogen-bond donors (Lipinski definition) is 0. The van der Waals surface area contributed by atoms with E-state index >= 15 is 0 Å². The number of carbonyl (C=O) groups excluding carboxylic acids is 1. The first-order valence-electron chi connectivity index (χ1n) is 9.38. The van der Waals surface area contributed by atoms with Crippen LogP contribution in [0, 0.1) is 0 Å². The lowest BCUT2D eigenvalue weighted by Crippen LogP contribution is -2.68. The molecule has 0 aliphatic carbocycles. The van der Waals surface area contributed by atoms with E-state index in [1.54, 1.807) is 0 Å². The number of Topliss-reactive ketones (excluding diaryl/α,β-unsaturated/α-hetero) is 1. The normalized spacial score (nSPS) is 11.9. The number of alkyl halides is 1. The molecule has 0 aliphatic heterocycles. The molecule has 3 rings (SSSR count). The topological polar surface area (TPSA) is 26.3 Å². The Morgan fingerprint density at radius 3 is 1.68 bits per heavy atom. The highest BCUT2D eigenvalue weighted by Gasteiger charge is 2.52. The van der Waals surface area contributed by atoms with Crippen LogP contribution in [-0.4, -0.2) is 19.4 Å². The van der Waals surface area contributed by atoms with Crippen molar-refractivity contribution >= 4 is 40.4 Å². The van der Waals surface area contributed by atoms with Gasteiger partial charge in [-0.25, -0.2) is 0 Å².